The zero-order valence-corrected chi connectivity index (χ0v) is 21.8. The van der Waals surface area contributed by atoms with E-state index in [1.807, 2.05) is 54.6 Å². The number of aromatic nitrogens is 1. The smallest absolute Gasteiger partial charge is 0.235 e. The molecule has 2 heterocycles. The van der Waals surface area contributed by atoms with Crippen LogP contribution in [0.1, 0.15) is 36.5 Å². The average Bonchev–Trinajstić information content (AvgIpc) is 3.21. The first-order valence-corrected chi connectivity index (χ1v) is 12.6. The Morgan fingerprint density at radius 1 is 1.08 bits per heavy atom. The lowest BCUT2D eigenvalue weighted by Crippen LogP contribution is -2.47. The molecule has 0 bridgehead atoms. The van der Waals surface area contributed by atoms with E-state index in [0.29, 0.717) is 21.5 Å². The van der Waals surface area contributed by atoms with Crippen molar-refractivity contribution >= 4 is 45.0 Å². The van der Waals surface area contributed by atoms with Gasteiger partial charge in [-0.1, -0.05) is 35.9 Å². The highest BCUT2D eigenvalue weighted by Gasteiger charge is 2.54. The van der Waals surface area contributed by atoms with Gasteiger partial charge in [0, 0.05) is 48.5 Å². The van der Waals surface area contributed by atoms with Crippen molar-refractivity contribution < 1.29 is 18.7 Å². The zero-order chi connectivity index (χ0) is 27.1. The molecule has 3 aromatic carbocycles. The number of Topliss-reactive ketones (excluding diaryl/α,β-unsaturated/α-hetero) is 1. The molecular weight excluding hydrogens is 505 g/mol. The number of carbonyl (C=O) groups excluding carboxylic acids is 2. The lowest BCUT2D eigenvalue weighted by atomic mass is 9.96. The maximum Gasteiger partial charge on any atom is 0.235 e. The fourth-order valence-electron chi connectivity index (χ4n) is 5.18. The van der Waals surface area contributed by atoms with Gasteiger partial charge in [0.2, 0.25) is 11.6 Å². The first-order valence-electron chi connectivity index (χ1n) is 12.2. The van der Waals surface area contributed by atoms with E-state index in [1.165, 1.54) is 14.0 Å². The highest BCUT2D eigenvalue weighted by molar-refractivity contribution is 6.31. The number of benzene rings is 3. The van der Waals surface area contributed by atoms with Gasteiger partial charge in [-0.25, -0.2) is 4.39 Å². The van der Waals surface area contributed by atoms with Crippen LogP contribution in [-0.4, -0.2) is 46.6 Å². The Morgan fingerprint density at radius 3 is 2.55 bits per heavy atom. The van der Waals surface area contributed by atoms with Gasteiger partial charge in [0.15, 0.2) is 5.78 Å². The number of nitrogens with zero attached hydrogens (tertiary/aromatic N) is 3. The summed E-state index contributed by atoms with van der Waals surface area (Å²) >= 11 is 6.11. The van der Waals surface area contributed by atoms with Crippen molar-refractivity contribution in [2.75, 3.05) is 13.7 Å². The van der Waals surface area contributed by atoms with Gasteiger partial charge in [-0.3, -0.25) is 19.5 Å². The number of hydrogen-bond donors (Lipinski definition) is 0. The second-order valence-corrected chi connectivity index (χ2v) is 10.3. The van der Waals surface area contributed by atoms with Crippen molar-refractivity contribution in [2.24, 2.45) is 0 Å². The first kappa shape index (κ1) is 25.8. The fourth-order valence-corrected chi connectivity index (χ4v) is 5.36. The maximum absolute atomic E-state index is 14.7. The molecule has 1 fully saturated rings. The van der Waals surface area contributed by atoms with Crippen LogP contribution < -0.4 is 0 Å². The van der Waals surface area contributed by atoms with Crippen LogP contribution in [-0.2, 0) is 9.53 Å². The van der Waals surface area contributed by atoms with Crippen LogP contribution in [0, 0.1) is 11.3 Å². The molecule has 6 nitrogen and oxygen atoms in total. The normalized spacial score (nSPS) is 21.1. The maximum atomic E-state index is 14.7. The number of alkyl halides is 1. The van der Waals surface area contributed by atoms with Gasteiger partial charge in [-0.2, -0.15) is 5.26 Å². The molecule has 1 unspecified atom stereocenters. The van der Waals surface area contributed by atoms with Gasteiger partial charge < -0.3 is 4.74 Å². The van der Waals surface area contributed by atoms with E-state index in [4.69, 9.17) is 16.3 Å². The lowest BCUT2D eigenvalue weighted by Gasteiger charge is -2.30. The quantitative estimate of drug-likeness (QED) is 0.266. The number of hydrogen-bond acceptors (Lipinski definition) is 5. The third kappa shape index (κ3) is 4.73. The van der Waals surface area contributed by atoms with Crippen molar-refractivity contribution in [1.29, 1.82) is 5.26 Å². The van der Waals surface area contributed by atoms with Gasteiger partial charge in [-0.05, 0) is 65.2 Å². The number of methoxy groups -OCH3 is 1. The molecule has 1 saturated heterocycles. The Kier molecular flexibility index (Phi) is 6.64. The molecule has 4 aromatic rings. The minimum absolute atomic E-state index is 0.0936. The molecule has 5 rings (SSSR count). The molecule has 0 saturated carbocycles. The van der Waals surface area contributed by atoms with Crippen LogP contribution in [0.4, 0.5) is 4.39 Å². The number of halogens is 2. The summed E-state index contributed by atoms with van der Waals surface area (Å²) in [6.07, 6.45) is 1.06. The van der Waals surface area contributed by atoms with E-state index in [-0.39, 0.29) is 31.6 Å². The average molecular weight is 530 g/mol. The Morgan fingerprint density at radius 2 is 1.79 bits per heavy atom. The molecule has 1 aliphatic rings. The molecule has 0 radical (unpaired) electrons. The van der Waals surface area contributed by atoms with E-state index in [1.54, 1.807) is 12.3 Å². The van der Waals surface area contributed by atoms with Crippen molar-refractivity contribution in [3.63, 3.8) is 0 Å². The van der Waals surface area contributed by atoms with E-state index in [0.717, 1.165) is 26.8 Å². The van der Waals surface area contributed by atoms with E-state index >= 15 is 0 Å². The molecule has 0 N–H and O–H groups in total. The highest BCUT2D eigenvalue weighted by Crippen LogP contribution is 2.39. The van der Waals surface area contributed by atoms with Crippen molar-refractivity contribution in [3.05, 3.63) is 77.4 Å². The Bertz CT molecular complexity index is 1630. The van der Waals surface area contributed by atoms with Gasteiger partial charge in [0.25, 0.3) is 0 Å². The van der Waals surface area contributed by atoms with Crippen LogP contribution in [0.3, 0.4) is 0 Å². The molecule has 1 amide bonds. The summed E-state index contributed by atoms with van der Waals surface area (Å²) in [5.41, 5.74) is -0.410. The second-order valence-electron chi connectivity index (χ2n) is 9.89. The van der Waals surface area contributed by atoms with Crippen molar-refractivity contribution in [2.45, 2.75) is 37.6 Å². The molecule has 192 valence electrons. The summed E-state index contributed by atoms with van der Waals surface area (Å²) < 4.78 is 20.0. The number of amides is 1. The second kappa shape index (κ2) is 9.79. The number of pyridine rings is 1. The molecule has 1 aromatic heterocycles. The molecule has 8 heteroatoms. The van der Waals surface area contributed by atoms with E-state index < -0.39 is 17.3 Å². The van der Waals surface area contributed by atoms with Gasteiger partial charge in [0.05, 0.1) is 12.1 Å². The minimum atomic E-state index is -1.75. The summed E-state index contributed by atoms with van der Waals surface area (Å²) in [7, 11) is 1.28. The van der Waals surface area contributed by atoms with Crippen molar-refractivity contribution in [3.8, 4) is 17.2 Å². The predicted octanol–water partition coefficient (Wildman–Crippen LogP) is 6.50. The Labute approximate surface area is 224 Å². The number of nitriles is 1. The highest BCUT2D eigenvalue weighted by atomic mass is 35.5. The van der Waals surface area contributed by atoms with Crippen LogP contribution in [0.5, 0.6) is 0 Å². The Balaban J connectivity index is 1.40. The standard InChI is InChI=1S/C30H25ClFN3O3/c1-29(32)16-30(17-33,38-2)35(18-29)28(37)10-9-27(36)24-11-12-34-26-8-6-22(15-25(24)26)19-3-4-21-14-23(31)7-5-20(21)13-19/h3-8,11-15H,9-10,16,18H2,1-2H3/t29?,30-/m1/s1. The van der Waals surface area contributed by atoms with Gasteiger partial charge in [0.1, 0.15) is 11.7 Å². The first-order chi connectivity index (χ1) is 18.1. The summed E-state index contributed by atoms with van der Waals surface area (Å²) in [5, 5.41) is 13.0. The third-order valence-corrected chi connectivity index (χ3v) is 7.32. The number of rotatable bonds is 6. The predicted molar refractivity (Wildman–Crippen MR) is 144 cm³/mol. The summed E-state index contributed by atoms with van der Waals surface area (Å²) in [6, 6.07) is 21.1. The summed E-state index contributed by atoms with van der Waals surface area (Å²) in [6.45, 7) is 1.07. The van der Waals surface area contributed by atoms with Crippen LogP contribution >= 0.6 is 11.6 Å². The summed E-state index contributed by atoms with van der Waals surface area (Å²) in [4.78, 5) is 31.8. The van der Waals surface area contributed by atoms with Gasteiger partial charge >= 0.3 is 0 Å². The lowest BCUT2D eigenvalue weighted by molar-refractivity contribution is -0.148. The zero-order valence-electron chi connectivity index (χ0n) is 21.0. The molecule has 38 heavy (non-hydrogen) atoms. The number of fused-ring (bicyclic) bond motifs is 2. The van der Waals surface area contributed by atoms with Crippen LogP contribution in [0.2, 0.25) is 5.02 Å². The Hall–Kier alpha value is -3.86. The van der Waals surface area contributed by atoms with Crippen LogP contribution in [0.25, 0.3) is 32.8 Å². The SMILES string of the molecule is CO[C@@]1(C#N)CC(C)(F)CN1C(=O)CCC(=O)c1ccnc2ccc(-c3ccc4cc(Cl)ccc4c3)cc12. The largest absolute Gasteiger partial charge is 0.346 e. The number of carbonyl (C=O) groups is 2. The molecular formula is C30H25ClFN3O3. The van der Waals surface area contributed by atoms with E-state index in [2.05, 4.69) is 11.1 Å². The topological polar surface area (TPSA) is 83.3 Å². The number of likely N-dealkylation sites (tertiary alicyclic amines) is 1. The third-order valence-electron chi connectivity index (χ3n) is 7.09. The van der Waals surface area contributed by atoms with Crippen molar-refractivity contribution in [1.82, 2.24) is 9.88 Å². The van der Waals surface area contributed by atoms with Crippen LogP contribution in [0.15, 0.2) is 66.9 Å². The summed E-state index contributed by atoms with van der Waals surface area (Å²) in [5.74, 6) is -0.739. The van der Waals surface area contributed by atoms with E-state index in [9.17, 15) is 19.2 Å². The van der Waals surface area contributed by atoms with Gasteiger partial charge in [-0.15, -0.1) is 0 Å². The fraction of sp³-hybridized carbons (Fsp3) is 0.267. The molecule has 0 aliphatic carbocycles. The number of ether oxygens (including phenoxy) is 1. The molecule has 0 spiro atoms. The monoisotopic (exact) mass is 529 g/mol. The number of ketones is 1. The molecule has 1 aliphatic heterocycles. The minimum Gasteiger partial charge on any atom is -0.346 e. The molecule has 2 atom stereocenters.